The molecule has 0 spiro atoms. The van der Waals surface area contributed by atoms with E-state index in [1.54, 1.807) is 0 Å². The average molecular weight is 456 g/mol. The van der Waals surface area contributed by atoms with Crippen LogP contribution >= 0.6 is 0 Å². The number of nitrogens with zero attached hydrogens (tertiary/aromatic N) is 1. The number of aldehydes is 1. The van der Waals surface area contributed by atoms with Crippen LogP contribution in [-0.2, 0) is 23.9 Å². The summed E-state index contributed by atoms with van der Waals surface area (Å²) in [7, 11) is 0. The molecule has 0 bridgehead atoms. The molecule has 0 saturated carbocycles. The van der Waals surface area contributed by atoms with Crippen LogP contribution < -0.4 is 0 Å². The lowest BCUT2D eigenvalue weighted by Crippen LogP contribution is -2.38. The molecule has 0 N–H and O–H groups in total. The zero-order chi connectivity index (χ0) is 24.2. The molecule has 0 aromatic heterocycles. The van der Waals surface area contributed by atoms with E-state index < -0.39 is 11.9 Å². The molecule has 32 heavy (non-hydrogen) atoms. The predicted molar refractivity (Wildman–Crippen MR) is 129 cm³/mol. The van der Waals surface area contributed by atoms with Crippen molar-refractivity contribution >= 4 is 18.2 Å². The highest BCUT2D eigenvalue weighted by Crippen LogP contribution is 2.21. The van der Waals surface area contributed by atoms with E-state index in [-0.39, 0.29) is 25.7 Å². The van der Waals surface area contributed by atoms with Crippen LogP contribution in [0.4, 0.5) is 0 Å². The molecule has 0 amide bonds. The first-order valence-corrected chi connectivity index (χ1v) is 12.9. The Hall–Kier alpha value is -1.43. The first-order chi connectivity index (χ1) is 15.4. The number of hydrogen-bond acceptors (Lipinski definition) is 6. The summed E-state index contributed by atoms with van der Waals surface area (Å²) in [4.78, 5) is 37.0. The van der Waals surface area contributed by atoms with Crippen LogP contribution in [0.25, 0.3) is 0 Å². The molecule has 0 aliphatic heterocycles. The lowest BCUT2D eigenvalue weighted by Gasteiger charge is -2.22. The van der Waals surface area contributed by atoms with Crippen LogP contribution in [0.1, 0.15) is 105 Å². The first-order valence-electron chi connectivity index (χ1n) is 12.9. The highest BCUT2D eigenvalue weighted by Gasteiger charge is 2.20. The number of rotatable bonds is 21. The van der Waals surface area contributed by atoms with Crippen molar-refractivity contribution in [1.29, 1.82) is 0 Å². The lowest BCUT2D eigenvalue weighted by atomic mass is 9.91. The first kappa shape index (κ1) is 30.6. The van der Waals surface area contributed by atoms with Crippen molar-refractivity contribution < 1.29 is 23.9 Å². The minimum absolute atomic E-state index is 0.00392. The van der Waals surface area contributed by atoms with E-state index in [2.05, 4.69) is 27.7 Å². The third kappa shape index (κ3) is 17.2. The molecule has 6 heteroatoms. The summed E-state index contributed by atoms with van der Waals surface area (Å²) >= 11 is 0. The lowest BCUT2D eigenvalue weighted by molar-refractivity contribution is -0.152. The number of hydrogen-bond donors (Lipinski definition) is 0. The van der Waals surface area contributed by atoms with Gasteiger partial charge in [-0.05, 0) is 43.9 Å². The summed E-state index contributed by atoms with van der Waals surface area (Å²) in [5.74, 6) is 0.521. The Kier molecular flexibility index (Phi) is 19.3. The maximum Gasteiger partial charge on any atom is 0.320 e. The van der Waals surface area contributed by atoms with E-state index >= 15 is 0 Å². The van der Waals surface area contributed by atoms with E-state index in [0.717, 1.165) is 38.5 Å². The van der Waals surface area contributed by atoms with Crippen molar-refractivity contribution in [3.63, 3.8) is 0 Å². The third-order valence-electron chi connectivity index (χ3n) is 6.04. The SMILES string of the molecule is CCCCCCCCOC(=O)CN(CC=O)CC(=O)OC(CC)CCC(C)CC(C)CC. The van der Waals surface area contributed by atoms with Gasteiger partial charge in [-0.1, -0.05) is 73.1 Å². The Morgan fingerprint density at radius 3 is 2.12 bits per heavy atom. The van der Waals surface area contributed by atoms with Crippen LogP contribution in [0.3, 0.4) is 0 Å². The summed E-state index contributed by atoms with van der Waals surface area (Å²) in [6.07, 6.45) is 12.3. The van der Waals surface area contributed by atoms with Crippen LogP contribution in [0, 0.1) is 11.8 Å². The molecule has 0 rings (SSSR count). The summed E-state index contributed by atoms with van der Waals surface area (Å²) in [5, 5.41) is 0. The van der Waals surface area contributed by atoms with Gasteiger partial charge >= 0.3 is 11.9 Å². The van der Waals surface area contributed by atoms with Crippen molar-refractivity contribution in [3.05, 3.63) is 0 Å². The molecule has 0 saturated heterocycles. The normalized spacial score (nSPS) is 14.1. The number of carbonyl (C=O) groups is 3. The maximum absolute atomic E-state index is 12.4. The number of ether oxygens (including phenoxy) is 2. The van der Waals surface area contributed by atoms with Gasteiger partial charge in [0.15, 0.2) is 0 Å². The largest absolute Gasteiger partial charge is 0.465 e. The van der Waals surface area contributed by atoms with Crippen LogP contribution in [0.2, 0.25) is 0 Å². The van der Waals surface area contributed by atoms with Crippen molar-refractivity contribution in [2.75, 3.05) is 26.2 Å². The van der Waals surface area contributed by atoms with Crippen LogP contribution in [-0.4, -0.2) is 55.5 Å². The molecule has 0 aromatic rings. The molecule has 0 aromatic carbocycles. The second-order valence-electron chi connectivity index (χ2n) is 9.28. The minimum atomic E-state index is -0.404. The Labute approximate surface area is 196 Å². The molecular formula is C26H49NO5. The fourth-order valence-corrected chi connectivity index (χ4v) is 3.78. The van der Waals surface area contributed by atoms with Gasteiger partial charge in [-0.15, -0.1) is 0 Å². The molecule has 188 valence electrons. The van der Waals surface area contributed by atoms with E-state index in [0.29, 0.717) is 24.7 Å². The number of unbranched alkanes of at least 4 members (excludes halogenated alkanes) is 5. The molecule has 0 aliphatic carbocycles. The summed E-state index contributed by atoms with van der Waals surface area (Å²) < 4.78 is 10.9. The smallest absolute Gasteiger partial charge is 0.320 e. The maximum atomic E-state index is 12.4. The fraction of sp³-hybridized carbons (Fsp3) is 0.885. The Morgan fingerprint density at radius 1 is 0.844 bits per heavy atom. The molecule has 0 radical (unpaired) electrons. The Bertz CT molecular complexity index is 497. The Morgan fingerprint density at radius 2 is 1.50 bits per heavy atom. The number of carbonyl (C=O) groups excluding carboxylic acids is 3. The van der Waals surface area contributed by atoms with Gasteiger partial charge in [-0.3, -0.25) is 14.5 Å². The summed E-state index contributed by atoms with van der Waals surface area (Å²) in [5.41, 5.74) is 0. The highest BCUT2D eigenvalue weighted by molar-refractivity contribution is 5.76. The average Bonchev–Trinajstić information content (AvgIpc) is 2.75. The second kappa shape index (κ2) is 20.2. The Balaban J connectivity index is 4.29. The second-order valence-corrected chi connectivity index (χ2v) is 9.28. The predicted octanol–water partition coefficient (Wildman–Crippen LogP) is 5.57. The molecule has 3 atom stereocenters. The molecular weight excluding hydrogens is 406 g/mol. The topological polar surface area (TPSA) is 72.9 Å². The van der Waals surface area contributed by atoms with Gasteiger partial charge in [-0.2, -0.15) is 0 Å². The molecule has 0 heterocycles. The monoisotopic (exact) mass is 455 g/mol. The van der Waals surface area contributed by atoms with Gasteiger partial charge in [-0.25, -0.2) is 0 Å². The molecule has 3 unspecified atom stereocenters. The van der Waals surface area contributed by atoms with Crippen molar-refractivity contribution in [3.8, 4) is 0 Å². The molecule has 0 fully saturated rings. The van der Waals surface area contributed by atoms with Gasteiger partial charge in [0.25, 0.3) is 0 Å². The molecule has 0 aliphatic rings. The highest BCUT2D eigenvalue weighted by atomic mass is 16.5. The van der Waals surface area contributed by atoms with Crippen molar-refractivity contribution in [2.45, 2.75) is 111 Å². The van der Waals surface area contributed by atoms with E-state index in [9.17, 15) is 14.4 Å². The van der Waals surface area contributed by atoms with Gasteiger partial charge in [0.1, 0.15) is 12.4 Å². The van der Waals surface area contributed by atoms with Crippen LogP contribution in [0.5, 0.6) is 0 Å². The van der Waals surface area contributed by atoms with Gasteiger partial charge in [0, 0.05) is 0 Å². The van der Waals surface area contributed by atoms with Gasteiger partial charge in [0.05, 0.1) is 26.2 Å². The zero-order valence-electron chi connectivity index (χ0n) is 21.4. The summed E-state index contributed by atoms with van der Waals surface area (Å²) in [6, 6.07) is 0. The van der Waals surface area contributed by atoms with Crippen molar-refractivity contribution in [2.24, 2.45) is 11.8 Å². The summed E-state index contributed by atoms with van der Waals surface area (Å²) in [6.45, 7) is 11.2. The number of esters is 2. The van der Waals surface area contributed by atoms with E-state index in [1.807, 2.05) is 6.92 Å². The van der Waals surface area contributed by atoms with E-state index in [4.69, 9.17) is 9.47 Å². The zero-order valence-corrected chi connectivity index (χ0v) is 21.4. The standard InChI is InChI=1S/C26H49NO5/c1-6-9-10-11-12-13-18-31-25(29)20-27(16-17-28)21-26(30)32-24(8-3)15-14-23(5)19-22(4)7-2/h17,22-24H,6-16,18-21H2,1-5H3. The minimum Gasteiger partial charge on any atom is -0.465 e. The van der Waals surface area contributed by atoms with Gasteiger partial charge < -0.3 is 14.3 Å². The van der Waals surface area contributed by atoms with Crippen molar-refractivity contribution in [1.82, 2.24) is 4.90 Å². The van der Waals surface area contributed by atoms with Crippen LogP contribution in [0.15, 0.2) is 0 Å². The van der Waals surface area contributed by atoms with Gasteiger partial charge in [0.2, 0.25) is 0 Å². The van der Waals surface area contributed by atoms with E-state index in [1.165, 1.54) is 37.0 Å². The fourth-order valence-electron chi connectivity index (χ4n) is 3.78. The third-order valence-corrected chi connectivity index (χ3v) is 6.04. The molecule has 6 nitrogen and oxygen atoms in total. The quantitative estimate of drug-likeness (QED) is 0.128.